The molecule has 1 aromatic heterocycles. The van der Waals surface area contributed by atoms with Crippen molar-refractivity contribution in [2.24, 2.45) is 4.99 Å². The Kier molecular flexibility index (Phi) is 7.07. The number of hydrogen-bond donors (Lipinski definition) is 0. The van der Waals surface area contributed by atoms with Gasteiger partial charge in [0.25, 0.3) is 5.56 Å². The molecule has 0 N–H and O–H groups in total. The number of allylic oxidation sites excluding steroid dienone is 1. The minimum atomic E-state index is -0.810. The first-order valence-corrected chi connectivity index (χ1v) is 11.8. The Hall–Kier alpha value is -3.85. The number of carbonyl (C=O) groups is 1. The van der Waals surface area contributed by atoms with Crippen LogP contribution in [0.2, 0.25) is 0 Å². The van der Waals surface area contributed by atoms with Crippen LogP contribution < -0.4 is 29.1 Å². The Morgan fingerprint density at radius 2 is 1.83 bits per heavy atom. The van der Waals surface area contributed by atoms with Crippen molar-refractivity contribution in [2.75, 3.05) is 27.9 Å². The Balaban J connectivity index is 2.03. The molecule has 1 aliphatic rings. The van der Waals surface area contributed by atoms with Crippen LogP contribution in [0.5, 0.6) is 17.2 Å². The van der Waals surface area contributed by atoms with E-state index in [-0.39, 0.29) is 17.7 Å². The summed E-state index contributed by atoms with van der Waals surface area (Å²) in [5.41, 5.74) is 1.81. The summed E-state index contributed by atoms with van der Waals surface area (Å²) in [4.78, 5) is 32.0. The molecule has 0 bridgehead atoms. The minimum Gasteiger partial charge on any atom is -0.497 e. The molecule has 182 valence electrons. The first-order chi connectivity index (χ1) is 16.9. The normalized spacial score (nSPS) is 15.3. The number of ether oxygens (including phenoxy) is 4. The molecule has 0 amide bonds. The second-order valence-corrected chi connectivity index (χ2v) is 8.66. The number of rotatable bonds is 7. The third-order valence-corrected chi connectivity index (χ3v) is 6.66. The molecule has 0 spiro atoms. The van der Waals surface area contributed by atoms with E-state index in [2.05, 4.69) is 4.99 Å². The predicted molar refractivity (Wildman–Crippen MR) is 133 cm³/mol. The van der Waals surface area contributed by atoms with Gasteiger partial charge in [-0.2, -0.15) is 0 Å². The number of para-hydroxylation sites is 1. The highest BCUT2D eigenvalue weighted by Gasteiger charge is 2.35. The van der Waals surface area contributed by atoms with Crippen molar-refractivity contribution in [3.05, 3.63) is 84.5 Å². The van der Waals surface area contributed by atoms with E-state index in [0.717, 1.165) is 5.56 Å². The molecule has 0 unspecified atom stereocenters. The van der Waals surface area contributed by atoms with E-state index in [1.807, 2.05) is 24.3 Å². The fourth-order valence-electron chi connectivity index (χ4n) is 4.07. The Morgan fingerprint density at radius 3 is 2.51 bits per heavy atom. The molecule has 1 aliphatic heterocycles. The quantitative estimate of drug-likeness (QED) is 0.470. The molecule has 0 aliphatic carbocycles. The molecule has 9 heteroatoms. The zero-order chi connectivity index (χ0) is 25.1. The van der Waals surface area contributed by atoms with Crippen LogP contribution in [-0.2, 0) is 9.53 Å². The van der Waals surface area contributed by atoms with Crippen molar-refractivity contribution < 1.29 is 23.7 Å². The highest BCUT2D eigenvalue weighted by atomic mass is 32.1. The van der Waals surface area contributed by atoms with Gasteiger partial charge in [-0.25, -0.2) is 9.79 Å². The molecule has 0 radical (unpaired) electrons. The summed E-state index contributed by atoms with van der Waals surface area (Å²) in [5.74, 6) is 1.18. The zero-order valence-electron chi connectivity index (χ0n) is 20.2. The second-order valence-electron chi connectivity index (χ2n) is 7.65. The number of aromatic nitrogens is 1. The Labute approximate surface area is 206 Å². The average molecular weight is 495 g/mol. The monoisotopic (exact) mass is 494 g/mol. The fraction of sp³-hybridized carbons (Fsp3) is 0.269. The third-order valence-electron chi connectivity index (χ3n) is 5.67. The Morgan fingerprint density at radius 1 is 1.09 bits per heavy atom. The molecule has 35 heavy (non-hydrogen) atoms. The van der Waals surface area contributed by atoms with Gasteiger partial charge in [0.15, 0.2) is 4.80 Å². The molecule has 0 saturated heterocycles. The van der Waals surface area contributed by atoms with E-state index < -0.39 is 12.0 Å². The number of fused-ring (bicyclic) bond motifs is 1. The van der Waals surface area contributed by atoms with E-state index in [1.54, 1.807) is 52.3 Å². The largest absolute Gasteiger partial charge is 0.497 e. The van der Waals surface area contributed by atoms with Crippen molar-refractivity contribution in [2.45, 2.75) is 19.9 Å². The minimum absolute atomic E-state index is 0.190. The van der Waals surface area contributed by atoms with Crippen LogP contribution in [-0.4, -0.2) is 38.5 Å². The van der Waals surface area contributed by atoms with Gasteiger partial charge in [0.1, 0.15) is 23.3 Å². The maximum Gasteiger partial charge on any atom is 0.338 e. The second kappa shape index (κ2) is 10.2. The number of methoxy groups -OCH3 is 3. The molecule has 0 fully saturated rings. The maximum absolute atomic E-state index is 13.8. The average Bonchev–Trinajstić information content (AvgIpc) is 3.17. The molecule has 3 aromatic rings. The van der Waals surface area contributed by atoms with Gasteiger partial charge < -0.3 is 18.9 Å². The van der Waals surface area contributed by atoms with Gasteiger partial charge in [-0.3, -0.25) is 9.36 Å². The smallest absolute Gasteiger partial charge is 0.338 e. The van der Waals surface area contributed by atoms with Gasteiger partial charge in [0.05, 0.1) is 43.7 Å². The van der Waals surface area contributed by atoms with Crippen LogP contribution in [0.1, 0.15) is 31.0 Å². The topological polar surface area (TPSA) is 88.4 Å². The summed E-state index contributed by atoms with van der Waals surface area (Å²) in [6, 6.07) is 11.9. The van der Waals surface area contributed by atoms with E-state index in [9.17, 15) is 9.59 Å². The van der Waals surface area contributed by atoms with E-state index in [0.29, 0.717) is 37.8 Å². The lowest BCUT2D eigenvalue weighted by Crippen LogP contribution is -2.40. The lowest BCUT2D eigenvalue weighted by Gasteiger charge is -2.26. The van der Waals surface area contributed by atoms with Gasteiger partial charge in [0.2, 0.25) is 0 Å². The molecular weight excluding hydrogens is 468 g/mol. The number of benzene rings is 2. The first-order valence-electron chi connectivity index (χ1n) is 11.0. The summed E-state index contributed by atoms with van der Waals surface area (Å²) in [6.45, 7) is 3.66. The summed E-state index contributed by atoms with van der Waals surface area (Å²) < 4.78 is 23.8. The van der Waals surface area contributed by atoms with Gasteiger partial charge in [-0.15, -0.1) is 0 Å². The summed E-state index contributed by atoms with van der Waals surface area (Å²) in [7, 11) is 4.67. The predicted octanol–water partition coefficient (Wildman–Crippen LogP) is 2.82. The van der Waals surface area contributed by atoms with Gasteiger partial charge >= 0.3 is 5.97 Å². The summed E-state index contributed by atoms with van der Waals surface area (Å²) in [5, 5.41) is 0. The van der Waals surface area contributed by atoms with E-state index in [4.69, 9.17) is 18.9 Å². The van der Waals surface area contributed by atoms with Crippen LogP contribution in [0.25, 0.3) is 6.08 Å². The number of hydrogen-bond acceptors (Lipinski definition) is 8. The highest BCUT2D eigenvalue weighted by Crippen LogP contribution is 2.37. The number of thiazole rings is 1. The zero-order valence-corrected chi connectivity index (χ0v) is 21.0. The Bertz CT molecular complexity index is 1480. The summed E-state index contributed by atoms with van der Waals surface area (Å²) in [6.07, 6.45) is 1.77. The van der Waals surface area contributed by atoms with Crippen LogP contribution in [0, 0.1) is 0 Å². The van der Waals surface area contributed by atoms with Crippen LogP contribution in [0.15, 0.2) is 63.5 Å². The van der Waals surface area contributed by atoms with Crippen molar-refractivity contribution in [3.63, 3.8) is 0 Å². The SMILES string of the molecule is CCOC(=O)C1=C(C)N=c2s/c(=C\c3ccccc3OC)c(=O)n2[C@@H]1c1cc(OC)ccc1OC. The van der Waals surface area contributed by atoms with Crippen molar-refractivity contribution in [1.29, 1.82) is 0 Å². The molecule has 8 nitrogen and oxygen atoms in total. The van der Waals surface area contributed by atoms with Gasteiger partial charge in [0, 0.05) is 11.1 Å². The molecule has 2 heterocycles. The lowest BCUT2D eigenvalue weighted by atomic mass is 9.94. The summed E-state index contributed by atoms with van der Waals surface area (Å²) >= 11 is 1.24. The van der Waals surface area contributed by atoms with Crippen molar-refractivity contribution >= 4 is 23.4 Å². The third kappa shape index (κ3) is 4.46. The highest BCUT2D eigenvalue weighted by molar-refractivity contribution is 7.07. The van der Waals surface area contributed by atoms with Crippen LogP contribution in [0.4, 0.5) is 0 Å². The molecule has 1 atom stereocenters. The molecule has 0 saturated carbocycles. The van der Waals surface area contributed by atoms with Crippen molar-refractivity contribution in [3.8, 4) is 17.2 Å². The molecular formula is C26H26N2O6S. The number of nitrogens with zero attached hydrogens (tertiary/aromatic N) is 2. The number of carbonyl (C=O) groups excluding carboxylic acids is 1. The van der Waals surface area contributed by atoms with Gasteiger partial charge in [-0.05, 0) is 44.2 Å². The fourth-order valence-corrected chi connectivity index (χ4v) is 5.10. The van der Waals surface area contributed by atoms with Crippen LogP contribution >= 0.6 is 11.3 Å². The maximum atomic E-state index is 13.8. The van der Waals surface area contributed by atoms with E-state index >= 15 is 0 Å². The standard InChI is InChI=1S/C26H26N2O6S/c1-6-34-25(30)22-15(2)27-26-28(23(22)18-14-17(31-3)11-12-20(18)33-5)24(29)21(35-26)13-16-9-7-8-10-19(16)32-4/h7-14,23H,6H2,1-5H3/b21-13-/t23-/m1/s1. The van der Waals surface area contributed by atoms with Crippen LogP contribution in [0.3, 0.4) is 0 Å². The van der Waals surface area contributed by atoms with Crippen molar-refractivity contribution in [1.82, 2.24) is 4.57 Å². The molecule has 4 rings (SSSR count). The molecule has 2 aromatic carbocycles. The van der Waals surface area contributed by atoms with E-state index in [1.165, 1.54) is 23.0 Å². The van der Waals surface area contributed by atoms with Gasteiger partial charge in [-0.1, -0.05) is 29.5 Å². The number of esters is 1. The first kappa shape index (κ1) is 24.3. The lowest BCUT2D eigenvalue weighted by molar-refractivity contribution is -0.139.